The molecule has 1 aromatic heterocycles. The Morgan fingerprint density at radius 3 is 2.53 bits per heavy atom. The molecule has 1 unspecified atom stereocenters. The maximum atomic E-state index is 11.4. The average Bonchev–Trinajstić information content (AvgIpc) is 3.22. The van der Waals surface area contributed by atoms with E-state index >= 15 is 0 Å². The number of carbonyl (C=O) groups is 1. The van der Waals surface area contributed by atoms with E-state index in [4.69, 9.17) is 10.7 Å². The van der Waals surface area contributed by atoms with Gasteiger partial charge in [-0.05, 0) is 42.6 Å². The second kappa shape index (κ2) is 8.63. The first-order chi connectivity index (χ1) is 14.5. The second-order valence-corrected chi connectivity index (χ2v) is 7.92. The van der Waals surface area contributed by atoms with Crippen LogP contribution in [0.25, 0.3) is 11.1 Å². The molecular weight excluding hydrogens is 374 g/mol. The van der Waals surface area contributed by atoms with Gasteiger partial charge < -0.3 is 10.6 Å². The number of amides is 1. The summed E-state index contributed by atoms with van der Waals surface area (Å²) in [5, 5.41) is 0. The lowest BCUT2D eigenvalue weighted by molar-refractivity contribution is 0.100. The molecule has 0 saturated carbocycles. The van der Waals surface area contributed by atoms with Crippen LogP contribution in [-0.2, 0) is 6.54 Å². The van der Waals surface area contributed by atoms with Crippen LogP contribution >= 0.6 is 0 Å². The molecule has 0 aliphatic carbocycles. The summed E-state index contributed by atoms with van der Waals surface area (Å²) in [6, 6.07) is 18.2. The highest BCUT2D eigenvalue weighted by Crippen LogP contribution is 2.38. The summed E-state index contributed by atoms with van der Waals surface area (Å²) in [4.78, 5) is 25.4. The number of aromatic nitrogens is 2. The molecule has 154 valence electrons. The Balaban J connectivity index is 1.72. The van der Waals surface area contributed by atoms with Gasteiger partial charge in [0.1, 0.15) is 0 Å². The normalized spacial score (nSPS) is 16.5. The van der Waals surface area contributed by atoms with E-state index in [2.05, 4.69) is 34.1 Å². The van der Waals surface area contributed by atoms with Crippen LogP contribution in [0.5, 0.6) is 0 Å². The Labute approximate surface area is 177 Å². The van der Waals surface area contributed by atoms with Crippen molar-refractivity contribution in [2.75, 3.05) is 25.5 Å². The molecule has 2 heterocycles. The highest BCUT2D eigenvalue weighted by atomic mass is 16.1. The van der Waals surface area contributed by atoms with Crippen molar-refractivity contribution in [3.63, 3.8) is 0 Å². The lowest BCUT2D eigenvalue weighted by Gasteiger charge is -2.26. The van der Waals surface area contributed by atoms with Crippen molar-refractivity contribution in [3.8, 4) is 11.1 Å². The molecule has 0 spiro atoms. The third-order valence-electron chi connectivity index (χ3n) is 5.59. The molecule has 6 heteroatoms. The molecule has 30 heavy (non-hydrogen) atoms. The van der Waals surface area contributed by atoms with Gasteiger partial charge in [-0.3, -0.25) is 9.69 Å². The summed E-state index contributed by atoms with van der Waals surface area (Å²) < 4.78 is 0. The van der Waals surface area contributed by atoms with E-state index in [-0.39, 0.29) is 6.04 Å². The molecule has 1 atom stereocenters. The van der Waals surface area contributed by atoms with Crippen LogP contribution in [0.3, 0.4) is 0 Å². The van der Waals surface area contributed by atoms with Gasteiger partial charge in [-0.1, -0.05) is 42.5 Å². The van der Waals surface area contributed by atoms with Crippen molar-refractivity contribution in [1.82, 2.24) is 14.9 Å². The summed E-state index contributed by atoms with van der Waals surface area (Å²) in [6.07, 6.45) is 4.10. The maximum Gasteiger partial charge on any atom is 0.248 e. The highest BCUT2D eigenvalue weighted by Gasteiger charge is 2.30. The average molecular weight is 402 g/mol. The lowest BCUT2D eigenvalue weighted by atomic mass is 9.98. The number of rotatable bonds is 6. The van der Waals surface area contributed by atoms with Crippen LogP contribution < -0.4 is 10.6 Å². The fraction of sp³-hybridized carbons (Fsp3) is 0.292. The summed E-state index contributed by atoms with van der Waals surface area (Å²) in [7, 11) is 3.91. The predicted molar refractivity (Wildman–Crippen MR) is 119 cm³/mol. The van der Waals surface area contributed by atoms with Gasteiger partial charge in [0.2, 0.25) is 11.9 Å². The minimum atomic E-state index is -0.425. The van der Waals surface area contributed by atoms with Gasteiger partial charge in [0.25, 0.3) is 0 Å². The Morgan fingerprint density at radius 2 is 1.87 bits per heavy atom. The summed E-state index contributed by atoms with van der Waals surface area (Å²) in [5.74, 6) is 0.278. The summed E-state index contributed by atoms with van der Waals surface area (Å²) in [6.45, 7) is 1.94. The molecule has 2 N–H and O–H groups in total. The van der Waals surface area contributed by atoms with E-state index in [1.54, 1.807) is 12.1 Å². The first-order valence-corrected chi connectivity index (χ1v) is 10.3. The Morgan fingerprint density at radius 1 is 1.13 bits per heavy atom. The SMILES string of the molecule is CN(C)c1ncc(-c2ccc(C(N)=O)cc2)c(C2CCCN2Cc2ccccc2)n1. The Bertz CT molecular complexity index is 1020. The zero-order valence-corrected chi connectivity index (χ0v) is 17.5. The first-order valence-electron chi connectivity index (χ1n) is 10.3. The van der Waals surface area contributed by atoms with Crippen molar-refractivity contribution in [2.45, 2.75) is 25.4 Å². The first kappa shape index (κ1) is 20.0. The van der Waals surface area contributed by atoms with E-state index in [0.29, 0.717) is 11.5 Å². The molecule has 1 fully saturated rings. The molecule has 2 aromatic carbocycles. The van der Waals surface area contributed by atoms with Gasteiger partial charge >= 0.3 is 0 Å². The Kier molecular flexibility index (Phi) is 5.77. The molecule has 3 aromatic rings. The number of nitrogens with zero attached hydrogens (tertiary/aromatic N) is 4. The molecule has 1 aliphatic rings. The quantitative estimate of drug-likeness (QED) is 0.682. The number of likely N-dealkylation sites (tertiary alicyclic amines) is 1. The van der Waals surface area contributed by atoms with Crippen LogP contribution in [0, 0.1) is 0 Å². The third-order valence-corrected chi connectivity index (χ3v) is 5.59. The van der Waals surface area contributed by atoms with Gasteiger partial charge in [-0.15, -0.1) is 0 Å². The number of hydrogen-bond donors (Lipinski definition) is 1. The van der Waals surface area contributed by atoms with Crippen molar-refractivity contribution < 1.29 is 4.79 Å². The van der Waals surface area contributed by atoms with Crippen LogP contribution in [0.15, 0.2) is 60.8 Å². The van der Waals surface area contributed by atoms with Crippen molar-refractivity contribution in [3.05, 3.63) is 77.6 Å². The van der Waals surface area contributed by atoms with Gasteiger partial charge in [0.15, 0.2) is 0 Å². The lowest BCUT2D eigenvalue weighted by Crippen LogP contribution is -2.25. The van der Waals surface area contributed by atoms with E-state index < -0.39 is 5.91 Å². The largest absolute Gasteiger partial charge is 0.366 e. The molecular formula is C24H27N5O. The van der Waals surface area contributed by atoms with Gasteiger partial charge in [-0.25, -0.2) is 9.97 Å². The van der Waals surface area contributed by atoms with E-state index in [0.717, 1.165) is 42.8 Å². The minimum absolute atomic E-state index is 0.220. The number of primary amides is 1. The third kappa shape index (κ3) is 4.19. The van der Waals surface area contributed by atoms with Crippen LogP contribution in [0.1, 0.15) is 40.5 Å². The van der Waals surface area contributed by atoms with Gasteiger partial charge in [0, 0.05) is 38.0 Å². The number of anilines is 1. The van der Waals surface area contributed by atoms with E-state index in [9.17, 15) is 4.79 Å². The van der Waals surface area contributed by atoms with Crippen LogP contribution in [0.2, 0.25) is 0 Å². The number of carbonyl (C=O) groups excluding carboxylic acids is 1. The molecule has 1 aliphatic heterocycles. The fourth-order valence-corrected chi connectivity index (χ4v) is 4.03. The fourth-order valence-electron chi connectivity index (χ4n) is 4.03. The monoisotopic (exact) mass is 401 g/mol. The summed E-state index contributed by atoms with van der Waals surface area (Å²) in [5.41, 5.74) is 10.2. The molecule has 6 nitrogen and oxygen atoms in total. The molecule has 4 rings (SSSR count). The number of benzene rings is 2. The van der Waals surface area contributed by atoms with Gasteiger partial charge in [0.05, 0.1) is 11.7 Å². The second-order valence-electron chi connectivity index (χ2n) is 7.92. The molecule has 1 saturated heterocycles. The molecule has 1 amide bonds. The minimum Gasteiger partial charge on any atom is -0.366 e. The number of hydrogen-bond acceptors (Lipinski definition) is 5. The zero-order valence-electron chi connectivity index (χ0n) is 17.5. The Hall–Kier alpha value is -3.25. The van der Waals surface area contributed by atoms with E-state index in [1.807, 2.05) is 43.4 Å². The number of nitrogens with two attached hydrogens (primary N) is 1. The van der Waals surface area contributed by atoms with Crippen LogP contribution in [-0.4, -0.2) is 41.4 Å². The topological polar surface area (TPSA) is 75.4 Å². The van der Waals surface area contributed by atoms with Crippen LogP contribution in [0.4, 0.5) is 5.95 Å². The highest BCUT2D eigenvalue weighted by molar-refractivity contribution is 5.93. The summed E-state index contributed by atoms with van der Waals surface area (Å²) >= 11 is 0. The standard InChI is InChI=1S/C24H27N5O/c1-28(2)24-26-15-20(18-10-12-19(13-11-18)23(25)30)22(27-24)21-9-6-14-29(21)16-17-7-4-3-5-8-17/h3-5,7-8,10-13,15,21H,6,9,14,16H2,1-2H3,(H2,25,30). The smallest absolute Gasteiger partial charge is 0.248 e. The van der Waals surface area contributed by atoms with Gasteiger partial charge in [-0.2, -0.15) is 0 Å². The zero-order chi connectivity index (χ0) is 21.1. The van der Waals surface area contributed by atoms with E-state index in [1.165, 1.54) is 5.56 Å². The molecule has 0 radical (unpaired) electrons. The predicted octanol–water partition coefficient (Wildman–Crippen LogP) is 3.65. The van der Waals surface area contributed by atoms with Crippen molar-refractivity contribution in [2.24, 2.45) is 5.73 Å². The van der Waals surface area contributed by atoms with Crippen molar-refractivity contribution >= 4 is 11.9 Å². The maximum absolute atomic E-state index is 11.4. The molecule has 0 bridgehead atoms. The van der Waals surface area contributed by atoms with Crippen molar-refractivity contribution in [1.29, 1.82) is 0 Å².